The molecule has 0 spiro atoms. The lowest BCUT2D eigenvalue weighted by Crippen LogP contribution is -2.31. The zero-order chi connectivity index (χ0) is 14.5. The average molecular weight is 337 g/mol. The molecule has 0 aliphatic carbocycles. The third-order valence-electron chi connectivity index (χ3n) is 3.50. The molecule has 108 valence electrons. The quantitative estimate of drug-likeness (QED) is 0.882. The third kappa shape index (κ3) is 3.48. The fraction of sp³-hybridized carbons (Fsp3) is 0.400. The van der Waals surface area contributed by atoms with Crippen molar-refractivity contribution < 1.29 is 0 Å². The fourth-order valence-corrected chi connectivity index (χ4v) is 2.88. The van der Waals surface area contributed by atoms with Crippen LogP contribution in [-0.2, 0) is 13.1 Å². The molecule has 0 bridgehead atoms. The molecule has 1 unspecified atom stereocenters. The molecule has 1 aromatic heterocycles. The number of hydrogen-bond acceptors (Lipinski definition) is 3. The van der Waals surface area contributed by atoms with Gasteiger partial charge in [0.25, 0.3) is 0 Å². The SMILES string of the molecule is CCn1cncc1C(CN)N(C)Cc1cccc(Br)c1. The van der Waals surface area contributed by atoms with Gasteiger partial charge >= 0.3 is 0 Å². The van der Waals surface area contributed by atoms with Crippen LogP contribution in [0.25, 0.3) is 0 Å². The van der Waals surface area contributed by atoms with Gasteiger partial charge < -0.3 is 10.3 Å². The Hall–Kier alpha value is -1.17. The van der Waals surface area contributed by atoms with Crippen molar-refractivity contribution in [3.8, 4) is 0 Å². The molecule has 1 heterocycles. The lowest BCUT2D eigenvalue weighted by molar-refractivity contribution is 0.232. The molecular formula is C15H21BrN4. The summed E-state index contributed by atoms with van der Waals surface area (Å²) in [5.74, 6) is 0. The molecule has 0 aliphatic heterocycles. The zero-order valence-corrected chi connectivity index (χ0v) is 13.5. The van der Waals surface area contributed by atoms with Crippen LogP contribution in [0.15, 0.2) is 41.3 Å². The van der Waals surface area contributed by atoms with Gasteiger partial charge in [0.2, 0.25) is 0 Å². The Morgan fingerprint density at radius 3 is 2.90 bits per heavy atom. The summed E-state index contributed by atoms with van der Waals surface area (Å²) in [5, 5.41) is 0. The average Bonchev–Trinajstić information content (AvgIpc) is 2.88. The highest BCUT2D eigenvalue weighted by Crippen LogP contribution is 2.21. The second-order valence-corrected chi connectivity index (χ2v) is 5.82. The normalized spacial score (nSPS) is 12.8. The van der Waals surface area contributed by atoms with Crippen molar-refractivity contribution in [2.24, 2.45) is 5.73 Å². The summed E-state index contributed by atoms with van der Waals surface area (Å²) in [5.41, 5.74) is 8.42. The molecule has 0 amide bonds. The molecular weight excluding hydrogens is 316 g/mol. The van der Waals surface area contributed by atoms with E-state index in [1.807, 2.05) is 18.6 Å². The van der Waals surface area contributed by atoms with E-state index in [1.165, 1.54) is 11.3 Å². The van der Waals surface area contributed by atoms with Gasteiger partial charge in [0, 0.05) is 30.3 Å². The lowest BCUT2D eigenvalue weighted by Gasteiger charge is -2.27. The molecule has 2 N–H and O–H groups in total. The number of imidazole rings is 1. The van der Waals surface area contributed by atoms with E-state index in [0.717, 1.165) is 17.6 Å². The molecule has 0 aliphatic rings. The monoisotopic (exact) mass is 336 g/mol. The molecule has 2 aromatic rings. The first kappa shape index (κ1) is 15.2. The topological polar surface area (TPSA) is 47.1 Å². The van der Waals surface area contributed by atoms with Crippen LogP contribution in [0, 0.1) is 0 Å². The number of nitrogens with two attached hydrogens (primary N) is 1. The number of hydrogen-bond donors (Lipinski definition) is 1. The third-order valence-corrected chi connectivity index (χ3v) is 4.00. The maximum atomic E-state index is 5.98. The Morgan fingerprint density at radius 2 is 2.25 bits per heavy atom. The Morgan fingerprint density at radius 1 is 1.45 bits per heavy atom. The van der Waals surface area contributed by atoms with E-state index in [1.54, 1.807) is 0 Å². The minimum Gasteiger partial charge on any atom is -0.333 e. The number of aromatic nitrogens is 2. The lowest BCUT2D eigenvalue weighted by atomic mass is 10.1. The number of nitrogens with zero attached hydrogens (tertiary/aromatic N) is 3. The molecule has 20 heavy (non-hydrogen) atoms. The molecule has 5 heteroatoms. The molecule has 0 radical (unpaired) electrons. The van der Waals surface area contributed by atoms with Gasteiger partial charge in [0.15, 0.2) is 0 Å². The number of halogens is 1. The van der Waals surface area contributed by atoms with Crippen LogP contribution in [0.2, 0.25) is 0 Å². The Bertz CT molecular complexity index is 552. The standard InChI is InChI=1S/C15H21BrN4/c1-3-20-11-18-9-15(20)14(8-17)19(2)10-12-5-4-6-13(16)7-12/h4-7,9,11,14H,3,8,10,17H2,1-2H3. The van der Waals surface area contributed by atoms with Crippen LogP contribution in [0.4, 0.5) is 0 Å². The van der Waals surface area contributed by atoms with Crippen molar-refractivity contribution >= 4 is 15.9 Å². The number of likely N-dealkylation sites (N-methyl/N-ethyl adjacent to an activating group) is 1. The Balaban J connectivity index is 2.15. The molecule has 2 rings (SSSR count). The van der Waals surface area contributed by atoms with Crippen LogP contribution in [-0.4, -0.2) is 28.0 Å². The zero-order valence-electron chi connectivity index (χ0n) is 12.0. The fourth-order valence-electron chi connectivity index (χ4n) is 2.43. The van der Waals surface area contributed by atoms with Gasteiger partial charge in [-0.15, -0.1) is 0 Å². The van der Waals surface area contributed by atoms with Crippen molar-refractivity contribution in [2.45, 2.75) is 26.1 Å². The molecule has 1 aromatic carbocycles. The number of aryl methyl sites for hydroxylation is 1. The van der Waals surface area contributed by atoms with Crippen LogP contribution in [0.3, 0.4) is 0 Å². The molecule has 0 saturated heterocycles. The van der Waals surface area contributed by atoms with E-state index in [0.29, 0.717) is 6.54 Å². The second-order valence-electron chi connectivity index (χ2n) is 4.90. The van der Waals surface area contributed by atoms with Gasteiger partial charge in [0.1, 0.15) is 0 Å². The molecule has 4 nitrogen and oxygen atoms in total. The minimum absolute atomic E-state index is 0.177. The van der Waals surface area contributed by atoms with Gasteiger partial charge in [-0.05, 0) is 31.7 Å². The number of rotatable bonds is 6. The maximum Gasteiger partial charge on any atom is 0.0948 e. The van der Waals surface area contributed by atoms with E-state index in [9.17, 15) is 0 Å². The first-order valence-corrected chi connectivity index (χ1v) is 7.59. The van der Waals surface area contributed by atoms with Crippen molar-refractivity contribution in [3.63, 3.8) is 0 Å². The highest BCUT2D eigenvalue weighted by Gasteiger charge is 2.19. The van der Waals surface area contributed by atoms with E-state index in [-0.39, 0.29) is 6.04 Å². The predicted molar refractivity (Wildman–Crippen MR) is 85.3 cm³/mol. The summed E-state index contributed by atoms with van der Waals surface area (Å²) in [6.45, 7) is 4.47. The highest BCUT2D eigenvalue weighted by molar-refractivity contribution is 9.10. The number of benzene rings is 1. The second kappa shape index (κ2) is 7.02. The Labute approximate surface area is 128 Å². The van der Waals surface area contributed by atoms with Gasteiger partial charge in [-0.1, -0.05) is 28.1 Å². The van der Waals surface area contributed by atoms with Gasteiger partial charge in [-0.25, -0.2) is 4.98 Å². The smallest absolute Gasteiger partial charge is 0.0948 e. The molecule has 1 atom stereocenters. The van der Waals surface area contributed by atoms with Gasteiger partial charge in [0.05, 0.1) is 18.1 Å². The largest absolute Gasteiger partial charge is 0.333 e. The van der Waals surface area contributed by atoms with Crippen LogP contribution >= 0.6 is 15.9 Å². The minimum atomic E-state index is 0.177. The van der Waals surface area contributed by atoms with Crippen molar-refractivity contribution in [1.29, 1.82) is 0 Å². The van der Waals surface area contributed by atoms with E-state index in [4.69, 9.17) is 5.73 Å². The molecule has 0 saturated carbocycles. The maximum absolute atomic E-state index is 5.98. The first-order valence-electron chi connectivity index (χ1n) is 6.80. The van der Waals surface area contributed by atoms with Crippen LogP contribution in [0.1, 0.15) is 24.2 Å². The van der Waals surface area contributed by atoms with Gasteiger partial charge in [-0.2, -0.15) is 0 Å². The summed E-state index contributed by atoms with van der Waals surface area (Å²) in [6, 6.07) is 8.54. The summed E-state index contributed by atoms with van der Waals surface area (Å²) in [7, 11) is 2.10. The van der Waals surface area contributed by atoms with Crippen LogP contribution in [0.5, 0.6) is 0 Å². The predicted octanol–water partition coefficient (Wildman–Crippen LogP) is 2.80. The summed E-state index contributed by atoms with van der Waals surface area (Å²) >= 11 is 3.51. The van der Waals surface area contributed by atoms with E-state index < -0.39 is 0 Å². The highest BCUT2D eigenvalue weighted by atomic mass is 79.9. The summed E-state index contributed by atoms with van der Waals surface area (Å²) in [6.07, 6.45) is 3.78. The summed E-state index contributed by atoms with van der Waals surface area (Å²) in [4.78, 5) is 6.51. The van der Waals surface area contributed by atoms with Crippen molar-refractivity contribution in [3.05, 3.63) is 52.5 Å². The van der Waals surface area contributed by atoms with Gasteiger partial charge in [-0.3, -0.25) is 4.90 Å². The van der Waals surface area contributed by atoms with Crippen molar-refractivity contribution in [2.75, 3.05) is 13.6 Å². The van der Waals surface area contributed by atoms with E-state index in [2.05, 4.69) is 62.6 Å². The van der Waals surface area contributed by atoms with Crippen molar-refractivity contribution in [1.82, 2.24) is 14.5 Å². The summed E-state index contributed by atoms with van der Waals surface area (Å²) < 4.78 is 3.25. The van der Waals surface area contributed by atoms with E-state index >= 15 is 0 Å². The Kier molecular flexibility index (Phi) is 5.34. The molecule has 0 fully saturated rings. The van der Waals surface area contributed by atoms with Crippen LogP contribution < -0.4 is 5.73 Å². The first-order chi connectivity index (χ1) is 9.65.